The van der Waals surface area contributed by atoms with Gasteiger partial charge in [-0.25, -0.2) is 0 Å². The highest BCUT2D eigenvalue weighted by molar-refractivity contribution is 6.01. The summed E-state index contributed by atoms with van der Waals surface area (Å²) < 4.78 is 5.18. The molecule has 0 bridgehead atoms. The number of carbonyl (C=O) groups is 3. The Morgan fingerprint density at radius 2 is 2.00 bits per heavy atom. The quantitative estimate of drug-likeness (QED) is 0.610. The van der Waals surface area contributed by atoms with Gasteiger partial charge < -0.3 is 14.9 Å². The van der Waals surface area contributed by atoms with E-state index in [9.17, 15) is 24.6 Å². The molecule has 3 saturated carbocycles. The van der Waals surface area contributed by atoms with E-state index in [2.05, 4.69) is 6.92 Å². The summed E-state index contributed by atoms with van der Waals surface area (Å²) in [6, 6.07) is 0. The first-order valence-corrected chi connectivity index (χ1v) is 12.1. The molecule has 4 rings (SSSR count). The molecule has 0 unspecified atom stereocenters. The highest BCUT2D eigenvalue weighted by atomic mass is 16.5. The Bertz CT molecular complexity index is 874. The van der Waals surface area contributed by atoms with Crippen LogP contribution >= 0.6 is 0 Å². The van der Waals surface area contributed by atoms with Crippen molar-refractivity contribution in [3.05, 3.63) is 23.8 Å². The molecule has 0 aromatic rings. The lowest BCUT2D eigenvalue weighted by molar-refractivity contribution is -0.181. The number of Topliss-reactive ketones (excluding diaryl/α,β-unsaturated/α-hetero) is 1. The minimum atomic E-state index is -1.61. The van der Waals surface area contributed by atoms with Gasteiger partial charge in [-0.1, -0.05) is 38.8 Å². The SMILES string of the molecule is CCCCC(=O)OCC(=O)[C@@]1(O)CC[C@H]2[C@H]3CCC4=CC(=O)C=C[C@]4(C)[C@H]3[C@@H](O)C[C@@]21C. The summed E-state index contributed by atoms with van der Waals surface area (Å²) >= 11 is 0. The number of fused-ring (bicyclic) bond motifs is 5. The van der Waals surface area contributed by atoms with Crippen LogP contribution in [0.2, 0.25) is 0 Å². The van der Waals surface area contributed by atoms with Crippen LogP contribution in [-0.2, 0) is 19.1 Å². The molecule has 0 radical (unpaired) electrons. The van der Waals surface area contributed by atoms with Gasteiger partial charge in [0.1, 0.15) is 5.60 Å². The molecular weight excluding hydrogens is 408 g/mol. The Morgan fingerprint density at radius 3 is 2.72 bits per heavy atom. The second kappa shape index (κ2) is 8.21. The number of hydrogen-bond acceptors (Lipinski definition) is 6. The number of esters is 1. The monoisotopic (exact) mass is 444 g/mol. The zero-order valence-electron chi connectivity index (χ0n) is 19.4. The van der Waals surface area contributed by atoms with E-state index in [1.165, 1.54) is 0 Å². The number of unbranched alkanes of at least 4 members (excludes halogenated alkanes) is 1. The number of ether oxygens (including phenoxy) is 1. The van der Waals surface area contributed by atoms with Gasteiger partial charge in [0.15, 0.2) is 12.4 Å². The average molecular weight is 445 g/mol. The highest BCUT2D eigenvalue weighted by Gasteiger charge is 2.68. The van der Waals surface area contributed by atoms with E-state index in [0.29, 0.717) is 25.7 Å². The van der Waals surface area contributed by atoms with Crippen LogP contribution in [0.15, 0.2) is 23.8 Å². The topological polar surface area (TPSA) is 101 Å². The largest absolute Gasteiger partial charge is 0.458 e. The predicted molar refractivity (Wildman–Crippen MR) is 118 cm³/mol. The maximum atomic E-state index is 13.1. The molecule has 4 aliphatic carbocycles. The van der Waals surface area contributed by atoms with E-state index < -0.39 is 35.5 Å². The second-order valence-electron chi connectivity index (χ2n) is 10.8. The van der Waals surface area contributed by atoms with Gasteiger partial charge in [-0.3, -0.25) is 14.4 Å². The van der Waals surface area contributed by atoms with Crippen LogP contribution in [0.3, 0.4) is 0 Å². The fraction of sp³-hybridized carbons (Fsp3) is 0.731. The fourth-order valence-electron chi connectivity index (χ4n) is 7.45. The Hall–Kier alpha value is -1.79. The standard InChI is InChI=1S/C26H36O6/c1-4-5-6-22(30)32-15-21(29)26(31)12-10-19-18-8-7-16-13-17(27)9-11-24(16,2)23(18)20(28)14-25(19,26)3/h9,11,13,18-20,23,28,31H,4-8,10,12,14-15H2,1-3H3/t18-,19+,20+,23-,24+,25+,26+/m1/s1. The Kier molecular flexibility index (Phi) is 6.00. The van der Waals surface area contributed by atoms with Crippen LogP contribution in [0.1, 0.15) is 72.1 Å². The van der Waals surface area contributed by atoms with Crippen molar-refractivity contribution in [2.45, 2.75) is 83.8 Å². The maximum Gasteiger partial charge on any atom is 0.306 e. The van der Waals surface area contributed by atoms with Crippen molar-refractivity contribution in [2.24, 2.45) is 28.6 Å². The van der Waals surface area contributed by atoms with Crippen LogP contribution in [0.25, 0.3) is 0 Å². The van der Waals surface area contributed by atoms with E-state index in [0.717, 1.165) is 24.8 Å². The Morgan fingerprint density at radius 1 is 1.25 bits per heavy atom. The summed E-state index contributed by atoms with van der Waals surface area (Å²) in [6.45, 7) is 5.59. The van der Waals surface area contributed by atoms with Crippen molar-refractivity contribution in [3.8, 4) is 0 Å². The number of hydrogen-bond donors (Lipinski definition) is 2. The lowest BCUT2D eigenvalue weighted by Gasteiger charge is -2.59. The molecular formula is C26H36O6. The lowest BCUT2D eigenvalue weighted by Crippen LogP contribution is -2.61. The van der Waals surface area contributed by atoms with Crippen molar-refractivity contribution in [2.75, 3.05) is 6.61 Å². The molecule has 176 valence electrons. The summed E-state index contributed by atoms with van der Waals surface area (Å²) in [6.07, 6.45) is 9.39. The first kappa shape index (κ1) is 23.4. The average Bonchev–Trinajstić information content (AvgIpc) is 3.02. The molecule has 0 aromatic heterocycles. The van der Waals surface area contributed by atoms with Crippen molar-refractivity contribution in [1.82, 2.24) is 0 Å². The molecule has 0 spiro atoms. The van der Waals surface area contributed by atoms with E-state index in [4.69, 9.17) is 4.74 Å². The van der Waals surface area contributed by atoms with Crippen molar-refractivity contribution in [1.29, 1.82) is 0 Å². The van der Waals surface area contributed by atoms with Crippen LogP contribution in [0.4, 0.5) is 0 Å². The van der Waals surface area contributed by atoms with Gasteiger partial charge in [-0.15, -0.1) is 0 Å². The van der Waals surface area contributed by atoms with Gasteiger partial charge in [0.2, 0.25) is 5.78 Å². The second-order valence-corrected chi connectivity index (χ2v) is 10.8. The first-order chi connectivity index (χ1) is 15.1. The van der Waals surface area contributed by atoms with Gasteiger partial charge in [-0.2, -0.15) is 0 Å². The van der Waals surface area contributed by atoms with Gasteiger partial charge >= 0.3 is 5.97 Å². The first-order valence-electron chi connectivity index (χ1n) is 12.1. The summed E-state index contributed by atoms with van der Waals surface area (Å²) in [5, 5.41) is 23.0. The van der Waals surface area contributed by atoms with E-state index in [1.54, 1.807) is 12.2 Å². The van der Waals surface area contributed by atoms with Gasteiger partial charge in [-0.05, 0) is 62.5 Å². The number of allylic oxidation sites excluding steroid dienone is 4. The predicted octanol–water partition coefficient (Wildman–Crippen LogP) is 3.30. The normalized spacial score (nSPS) is 42.5. The van der Waals surface area contributed by atoms with E-state index in [-0.39, 0.29) is 35.4 Å². The fourth-order valence-corrected chi connectivity index (χ4v) is 7.45. The smallest absolute Gasteiger partial charge is 0.306 e. The third-order valence-electron chi connectivity index (χ3n) is 9.21. The molecule has 6 nitrogen and oxygen atoms in total. The lowest BCUT2D eigenvalue weighted by atomic mass is 9.46. The van der Waals surface area contributed by atoms with Gasteiger partial charge in [0, 0.05) is 23.2 Å². The van der Waals surface area contributed by atoms with Crippen LogP contribution < -0.4 is 0 Å². The molecule has 3 fully saturated rings. The Labute approximate surface area is 190 Å². The minimum absolute atomic E-state index is 0.000356. The summed E-state index contributed by atoms with van der Waals surface area (Å²) in [5.74, 6) is -0.675. The molecule has 32 heavy (non-hydrogen) atoms. The van der Waals surface area contributed by atoms with Crippen LogP contribution in [0.5, 0.6) is 0 Å². The molecule has 0 aromatic carbocycles. The number of ketones is 2. The van der Waals surface area contributed by atoms with Crippen LogP contribution in [-0.4, -0.2) is 46.1 Å². The van der Waals surface area contributed by atoms with Gasteiger partial charge in [0.25, 0.3) is 0 Å². The summed E-state index contributed by atoms with van der Waals surface area (Å²) in [5.41, 5.74) is -1.68. The van der Waals surface area contributed by atoms with Crippen molar-refractivity contribution >= 4 is 17.5 Å². The molecule has 4 aliphatic rings. The number of carbonyl (C=O) groups excluding carboxylic acids is 3. The van der Waals surface area contributed by atoms with E-state index in [1.807, 2.05) is 19.9 Å². The van der Waals surface area contributed by atoms with Crippen LogP contribution in [0, 0.1) is 28.6 Å². The highest BCUT2D eigenvalue weighted by Crippen LogP contribution is 2.67. The van der Waals surface area contributed by atoms with Crippen molar-refractivity contribution in [3.63, 3.8) is 0 Å². The zero-order chi connectivity index (χ0) is 23.3. The molecule has 6 heteroatoms. The zero-order valence-corrected chi connectivity index (χ0v) is 19.4. The number of rotatable bonds is 6. The summed E-state index contributed by atoms with van der Waals surface area (Å²) in [7, 11) is 0. The number of aliphatic hydroxyl groups is 2. The number of aliphatic hydroxyl groups excluding tert-OH is 1. The Balaban J connectivity index is 1.56. The summed E-state index contributed by atoms with van der Waals surface area (Å²) in [4.78, 5) is 37.0. The third kappa shape index (κ3) is 3.41. The molecule has 2 N–H and O–H groups in total. The molecule has 0 aliphatic heterocycles. The minimum Gasteiger partial charge on any atom is -0.458 e. The van der Waals surface area contributed by atoms with E-state index >= 15 is 0 Å². The van der Waals surface area contributed by atoms with Crippen molar-refractivity contribution < 1.29 is 29.3 Å². The molecule has 0 saturated heterocycles. The third-order valence-corrected chi connectivity index (χ3v) is 9.21. The molecule has 7 atom stereocenters. The van der Waals surface area contributed by atoms with Gasteiger partial charge in [0.05, 0.1) is 6.10 Å². The molecule has 0 heterocycles. The maximum absolute atomic E-state index is 13.1. The molecule has 0 amide bonds.